The van der Waals surface area contributed by atoms with E-state index < -0.39 is 0 Å². The van der Waals surface area contributed by atoms with E-state index in [2.05, 4.69) is 5.16 Å². The standard InChI is InChI=1S/C9H17NO3/c1-8-7-9(10-13-8)3-4-12-6-5-11-2/h8H,3-7H2,1-2H3. The van der Waals surface area contributed by atoms with Gasteiger partial charge in [0.15, 0.2) is 0 Å². The molecule has 0 aromatic rings. The number of rotatable bonds is 6. The van der Waals surface area contributed by atoms with Crippen molar-refractivity contribution in [3.63, 3.8) is 0 Å². The third kappa shape index (κ3) is 4.24. The highest BCUT2D eigenvalue weighted by Crippen LogP contribution is 2.11. The zero-order valence-corrected chi connectivity index (χ0v) is 8.28. The Hall–Kier alpha value is -0.610. The fourth-order valence-corrected chi connectivity index (χ4v) is 1.15. The zero-order valence-electron chi connectivity index (χ0n) is 8.28. The van der Waals surface area contributed by atoms with E-state index in [4.69, 9.17) is 14.3 Å². The first kappa shape index (κ1) is 10.5. The predicted molar refractivity (Wildman–Crippen MR) is 49.9 cm³/mol. The highest BCUT2D eigenvalue weighted by atomic mass is 16.6. The number of methoxy groups -OCH3 is 1. The molecule has 0 aromatic carbocycles. The van der Waals surface area contributed by atoms with Gasteiger partial charge >= 0.3 is 0 Å². The molecule has 4 nitrogen and oxygen atoms in total. The number of hydrogen-bond donors (Lipinski definition) is 0. The lowest BCUT2D eigenvalue weighted by atomic mass is 10.1. The topological polar surface area (TPSA) is 40.0 Å². The molecule has 0 spiro atoms. The van der Waals surface area contributed by atoms with Gasteiger partial charge in [-0.2, -0.15) is 0 Å². The summed E-state index contributed by atoms with van der Waals surface area (Å²) in [5, 5.41) is 3.94. The normalized spacial score (nSPS) is 21.4. The smallest absolute Gasteiger partial charge is 0.130 e. The van der Waals surface area contributed by atoms with E-state index in [0.717, 1.165) is 18.6 Å². The maximum absolute atomic E-state index is 5.31. The van der Waals surface area contributed by atoms with Crippen LogP contribution in [-0.2, 0) is 14.3 Å². The van der Waals surface area contributed by atoms with E-state index in [1.54, 1.807) is 7.11 Å². The van der Waals surface area contributed by atoms with Gasteiger partial charge in [0.05, 0.1) is 25.5 Å². The number of hydrogen-bond acceptors (Lipinski definition) is 4. The molecule has 76 valence electrons. The van der Waals surface area contributed by atoms with E-state index in [9.17, 15) is 0 Å². The molecule has 1 aliphatic heterocycles. The fourth-order valence-electron chi connectivity index (χ4n) is 1.15. The van der Waals surface area contributed by atoms with Crippen molar-refractivity contribution in [3.8, 4) is 0 Å². The molecule has 0 fully saturated rings. The summed E-state index contributed by atoms with van der Waals surface area (Å²) in [7, 11) is 1.67. The van der Waals surface area contributed by atoms with Gasteiger partial charge in [-0.25, -0.2) is 0 Å². The zero-order chi connectivity index (χ0) is 9.52. The van der Waals surface area contributed by atoms with Crippen LogP contribution in [0.1, 0.15) is 19.8 Å². The summed E-state index contributed by atoms with van der Waals surface area (Å²) < 4.78 is 10.2. The second-order valence-corrected chi connectivity index (χ2v) is 3.13. The summed E-state index contributed by atoms with van der Waals surface area (Å²) >= 11 is 0. The van der Waals surface area contributed by atoms with E-state index in [0.29, 0.717) is 19.8 Å². The van der Waals surface area contributed by atoms with Crippen LogP contribution in [0.2, 0.25) is 0 Å². The molecular formula is C9H17NO3. The molecule has 0 bridgehead atoms. The highest BCUT2D eigenvalue weighted by molar-refractivity contribution is 5.85. The second kappa shape index (κ2) is 5.94. The minimum atomic E-state index is 0.244. The third-order valence-corrected chi connectivity index (χ3v) is 1.85. The molecule has 0 amide bonds. The van der Waals surface area contributed by atoms with Crippen molar-refractivity contribution in [2.75, 3.05) is 26.9 Å². The molecule has 1 atom stereocenters. The van der Waals surface area contributed by atoms with Crippen LogP contribution in [0.25, 0.3) is 0 Å². The molecule has 1 rings (SSSR count). The minimum Gasteiger partial charge on any atom is -0.392 e. The molecule has 0 aromatic heterocycles. The van der Waals surface area contributed by atoms with Crippen LogP contribution in [0.15, 0.2) is 5.16 Å². The Labute approximate surface area is 78.8 Å². The van der Waals surface area contributed by atoms with E-state index >= 15 is 0 Å². The molecular weight excluding hydrogens is 170 g/mol. The average Bonchev–Trinajstić information content (AvgIpc) is 2.51. The van der Waals surface area contributed by atoms with E-state index in [-0.39, 0.29) is 6.10 Å². The molecule has 0 aliphatic carbocycles. The third-order valence-electron chi connectivity index (χ3n) is 1.85. The summed E-state index contributed by atoms with van der Waals surface area (Å²) in [6.45, 7) is 4.03. The van der Waals surface area contributed by atoms with Gasteiger partial charge in [0.2, 0.25) is 0 Å². The van der Waals surface area contributed by atoms with Crippen molar-refractivity contribution in [1.29, 1.82) is 0 Å². The first-order chi connectivity index (χ1) is 6.33. The van der Waals surface area contributed by atoms with E-state index in [1.165, 1.54) is 0 Å². The highest BCUT2D eigenvalue weighted by Gasteiger charge is 2.15. The van der Waals surface area contributed by atoms with Crippen LogP contribution in [0.5, 0.6) is 0 Å². The lowest BCUT2D eigenvalue weighted by molar-refractivity contribution is 0.0741. The Morgan fingerprint density at radius 2 is 2.31 bits per heavy atom. The van der Waals surface area contributed by atoms with Crippen LogP contribution < -0.4 is 0 Å². The first-order valence-electron chi connectivity index (χ1n) is 4.61. The van der Waals surface area contributed by atoms with Gasteiger partial charge in [0.25, 0.3) is 0 Å². The Morgan fingerprint density at radius 1 is 1.46 bits per heavy atom. The lowest BCUT2D eigenvalue weighted by Crippen LogP contribution is -2.08. The van der Waals surface area contributed by atoms with Gasteiger partial charge in [0, 0.05) is 20.0 Å². The SMILES string of the molecule is COCCOCCC1=NOC(C)C1. The monoisotopic (exact) mass is 187 g/mol. The second-order valence-electron chi connectivity index (χ2n) is 3.13. The van der Waals surface area contributed by atoms with Crippen LogP contribution in [0.4, 0.5) is 0 Å². The van der Waals surface area contributed by atoms with Crippen LogP contribution >= 0.6 is 0 Å². The van der Waals surface area contributed by atoms with Gasteiger partial charge in [-0.3, -0.25) is 0 Å². The van der Waals surface area contributed by atoms with Crippen LogP contribution in [0.3, 0.4) is 0 Å². The Morgan fingerprint density at radius 3 is 2.92 bits per heavy atom. The minimum absolute atomic E-state index is 0.244. The number of oxime groups is 1. The summed E-state index contributed by atoms with van der Waals surface area (Å²) in [5.74, 6) is 0. The summed E-state index contributed by atoms with van der Waals surface area (Å²) in [6.07, 6.45) is 2.05. The Kier molecular flexibility index (Phi) is 4.78. The average molecular weight is 187 g/mol. The molecule has 0 N–H and O–H groups in total. The lowest BCUT2D eigenvalue weighted by Gasteiger charge is -2.02. The molecule has 0 saturated heterocycles. The van der Waals surface area contributed by atoms with Crippen molar-refractivity contribution >= 4 is 5.71 Å². The largest absolute Gasteiger partial charge is 0.392 e. The van der Waals surface area contributed by atoms with Crippen LogP contribution in [-0.4, -0.2) is 38.7 Å². The summed E-state index contributed by atoms with van der Waals surface area (Å²) in [6, 6.07) is 0. The van der Waals surface area contributed by atoms with Gasteiger partial charge in [-0.15, -0.1) is 0 Å². The molecule has 1 unspecified atom stereocenters. The predicted octanol–water partition coefficient (Wildman–Crippen LogP) is 1.20. The quantitative estimate of drug-likeness (QED) is 0.587. The Bertz CT molecular complexity index is 170. The molecule has 0 saturated carbocycles. The molecule has 0 radical (unpaired) electrons. The van der Waals surface area contributed by atoms with Gasteiger partial charge in [0.1, 0.15) is 6.10 Å². The maximum atomic E-state index is 5.31. The van der Waals surface area contributed by atoms with Crippen molar-refractivity contribution < 1.29 is 14.3 Å². The van der Waals surface area contributed by atoms with Gasteiger partial charge < -0.3 is 14.3 Å². The van der Waals surface area contributed by atoms with Crippen molar-refractivity contribution in [2.45, 2.75) is 25.9 Å². The number of ether oxygens (including phenoxy) is 2. The summed E-state index contributed by atoms with van der Waals surface area (Å²) in [5.41, 5.74) is 1.10. The first-order valence-corrected chi connectivity index (χ1v) is 4.61. The number of nitrogens with zero attached hydrogens (tertiary/aromatic N) is 1. The molecule has 1 heterocycles. The Balaban J connectivity index is 1.94. The molecule has 4 heteroatoms. The van der Waals surface area contributed by atoms with Crippen molar-refractivity contribution in [1.82, 2.24) is 0 Å². The molecule has 13 heavy (non-hydrogen) atoms. The van der Waals surface area contributed by atoms with Crippen LogP contribution in [0, 0.1) is 0 Å². The molecule has 1 aliphatic rings. The maximum Gasteiger partial charge on any atom is 0.130 e. The van der Waals surface area contributed by atoms with E-state index in [1.807, 2.05) is 6.92 Å². The summed E-state index contributed by atoms with van der Waals surface area (Å²) in [4.78, 5) is 5.05. The fraction of sp³-hybridized carbons (Fsp3) is 0.889. The van der Waals surface area contributed by atoms with Gasteiger partial charge in [-0.1, -0.05) is 5.16 Å². The van der Waals surface area contributed by atoms with Gasteiger partial charge in [-0.05, 0) is 6.92 Å². The van der Waals surface area contributed by atoms with Crippen molar-refractivity contribution in [2.24, 2.45) is 5.16 Å². The van der Waals surface area contributed by atoms with Crippen molar-refractivity contribution in [3.05, 3.63) is 0 Å².